The maximum atomic E-state index is 12.5. The van der Waals surface area contributed by atoms with E-state index in [0.717, 1.165) is 22.8 Å². The fourth-order valence-corrected chi connectivity index (χ4v) is 3.27. The second-order valence-corrected chi connectivity index (χ2v) is 6.94. The smallest absolute Gasteiger partial charge is 0.251 e. The zero-order valence-corrected chi connectivity index (χ0v) is 15.8. The molecule has 0 fully saturated rings. The molecule has 2 aromatic heterocycles. The van der Waals surface area contributed by atoms with Crippen molar-refractivity contribution in [3.05, 3.63) is 58.7 Å². The fourth-order valence-electron chi connectivity index (χ4n) is 2.49. The standard InChI is InChI=1S/C19H21N5OS/c1-4-15(19-21-11-12-26-19)22-18(25)14-7-5-13(6-8-14)17-20-10-9-16(23-17)24(2)3/h5-12,15H,4H2,1-3H3,(H,22,25)/t15-/m1/s1. The maximum absolute atomic E-state index is 12.5. The van der Waals surface area contributed by atoms with Crippen LogP contribution in [0.2, 0.25) is 0 Å². The molecule has 6 nitrogen and oxygen atoms in total. The Hall–Kier alpha value is -2.80. The third-order valence-corrected chi connectivity index (χ3v) is 4.86. The molecule has 0 bridgehead atoms. The number of carbonyl (C=O) groups is 1. The topological polar surface area (TPSA) is 71.0 Å². The van der Waals surface area contributed by atoms with Gasteiger partial charge < -0.3 is 10.2 Å². The van der Waals surface area contributed by atoms with E-state index < -0.39 is 0 Å². The van der Waals surface area contributed by atoms with Gasteiger partial charge in [-0.15, -0.1) is 11.3 Å². The van der Waals surface area contributed by atoms with Crippen molar-refractivity contribution in [1.82, 2.24) is 20.3 Å². The number of amides is 1. The molecule has 0 saturated heterocycles. The van der Waals surface area contributed by atoms with E-state index in [1.165, 1.54) is 0 Å². The van der Waals surface area contributed by atoms with Gasteiger partial charge in [0.05, 0.1) is 6.04 Å². The van der Waals surface area contributed by atoms with Gasteiger partial charge in [-0.3, -0.25) is 4.79 Å². The minimum atomic E-state index is -0.110. The summed E-state index contributed by atoms with van der Waals surface area (Å²) < 4.78 is 0. The van der Waals surface area contributed by atoms with E-state index in [0.29, 0.717) is 11.4 Å². The Labute approximate surface area is 157 Å². The number of benzene rings is 1. The fraction of sp³-hybridized carbons (Fsp3) is 0.263. The molecular formula is C19H21N5OS. The van der Waals surface area contributed by atoms with Crippen molar-refractivity contribution >= 4 is 23.1 Å². The largest absolute Gasteiger partial charge is 0.363 e. The summed E-state index contributed by atoms with van der Waals surface area (Å²) in [7, 11) is 3.87. The number of rotatable bonds is 6. The molecule has 0 aliphatic rings. The third-order valence-electron chi connectivity index (χ3n) is 3.97. The van der Waals surface area contributed by atoms with Gasteiger partial charge in [0.25, 0.3) is 5.91 Å². The molecule has 0 radical (unpaired) electrons. The zero-order chi connectivity index (χ0) is 18.5. The Morgan fingerprint density at radius 3 is 2.54 bits per heavy atom. The summed E-state index contributed by atoms with van der Waals surface area (Å²) in [6.07, 6.45) is 4.28. The third kappa shape index (κ3) is 4.05. The highest BCUT2D eigenvalue weighted by Crippen LogP contribution is 2.21. The van der Waals surface area contributed by atoms with E-state index in [-0.39, 0.29) is 11.9 Å². The molecule has 2 heterocycles. The van der Waals surface area contributed by atoms with Gasteiger partial charge in [0.15, 0.2) is 5.82 Å². The molecule has 1 aromatic carbocycles. The molecule has 26 heavy (non-hydrogen) atoms. The molecule has 1 N–H and O–H groups in total. The molecule has 0 aliphatic heterocycles. The van der Waals surface area contributed by atoms with Crippen LogP contribution in [-0.2, 0) is 0 Å². The minimum Gasteiger partial charge on any atom is -0.363 e. The molecule has 3 rings (SSSR count). The summed E-state index contributed by atoms with van der Waals surface area (Å²) in [5, 5.41) is 5.88. The lowest BCUT2D eigenvalue weighted by Gasteiger charge is -2.14. The predicted molar refractivity (Wildman–Crippen MR) is 104 cm³/mol. The van der Waals surface area contributed by atoms with Crippen LogP contribution in [0.3, 0.4) is 0 Å². The number of carbonyl (C=O) groups excluding carboxylic acids is 1. The van der Waals surface area contributed by atoms with Crippen molar-refractivity contribution in [1.29, 1.82) is 0 Å². The number of nitrogens with zero attached hydrogens (tertiary/aromatic N) is 4. The van der Waals surface area contributed by atoms with Crippen LogP contribution in [0.5, 0.6) is 0 Å². The van der Waals surface area contributed by atoms with Crippen LogP contribution in [0.1, 0.15) is 34.8 Å². The van der Waals surface area contributed by atoms with Gasteiger partial charge in [-0.25, -0.2) is 15.0 Å². The first-order chi connectivity index (χ1) is 12.6. The zero-order valence-electron chi connectivity index (χ0n) is 15.0. The first-order valence-electron chi connectivity index (χ1n) is 8.39. The number of thiazole rings is 1. The van der Waals surface area contributed by atoms with Gasteiger partial charge in [-0.1, -0.05) is 19.1 Å². The quantitative estimate of drug-likeness (QED) is 0.721. The monoisotopic (exact) mass is 367 g/mol. The van der Waals surface area contributed by atoms with Crippen molar-refractivity contribution in [2.24, 2.45) is 0 Å². The van der Waals surface area contributed by atoms with Crippen molar-refractivity contribution in [3.8, 4) is 11.4 Å². The molecule has 134 valence electrons. The summed E-state index contributed by atoms with van der Waals surface area (Å²) in [5.74, 6) is 1.37. The van der Waals surface area contributed by atoms with Crippen molar-refractivity contribution in [2.45, 2.75) is 19.4 Å². The first-order valence-corrected chi connectivity index (χ1v) is 9.27. The SMILES string of the molecule is CC[C@@H](NC(=O)c1ccc(-c2nccc(N(C)C)n2)cc1)c1nccs1. The molecule has 1 amide bonds. The number of nitrogens with one attached hydrogen (secondary N) is 1. The van der Waals surface area contributed by atoms with E-state index in [1.807, 2.05) is 49.5 Å². The van der Waals surface area contributed by atoms with Gasteiger partial charge >= 0.3 is 0 Å². The Morgan fingerprint density at radius 2 is 1.92 bits per heavy atom. The normalized spacial score (nSPS) is 11.8. The van der Waals surface area contributed by atoms with Crippen LogP contribution in [0, 0.1) is 0 Å². The first kappa shape index (κ1) is 18.0. The molecule has 0 aliphatic carbocycles. The minimum absolute atomic E-state index is 0.0673. The number of anilines is 1. The lowest BCUT2D eigenvalue weighted by molar-refractivity contribution is 0.0935. The lowest BCUT2D eigenvalue weighted by Crippen LogP contribution is -2.28. The van der Waals surface area contributed by atoms with Crippen LogP contribution < -0.4 is 10.2 Å². The van der Waals surface area contributed by atoms with Gasteiger partial charge in [0, 0.05) is 43.0 Å². The Balaban J connectivity index is 1.75. The average molecular weight is 367 g/mol. The Morgan fingerprint density at radius 1 is 1.15 bits per heavy atom. The summed E-state index contributed by atoms with van der Waals surface area (Å²) in [6, 6.07) is 9.12. The van der Waals surface area contributed by atoms with E-state index >= 15 is 0 Å². The van der Waals surface area contributed by atoms with E-state index in [9.17, 15) is 4.79 Å². The van der Waals surface area contributed by atoms with E-state index in [4.69, 9.17) is 0 Å². The van der Waals surface area contributed by atoms with Crippen LogP contribution in [-0.4, -0.2) is 35.0 Å². The molecule has 1 atom stereocenters. The van der Waals surface area contributed by atoms with Crippen LogP contribution in [0.15, 0.2) is 48.1 Å². The lowest BCUT2D eigenvalue weighted by atomic mass is 10.1. The van der Waals surface area contributed by atoms with Gasteiger partial charge in [0.2, 0.25) is 0 Å². The van der Waals surface area contributed by atoms with Crippen LogP contribution in [0.25, 0.3) is 11.4 Å². The second kappa shape index (κ2) is 8.05. The highest BCUT2D eigenvalue weighted by molar-refractivity contribution is 7.09. The number of hydrogen-bond acceptors (Lipinski definition) is 6. The maximum Gasteiger partial charge on any atom is 0.251 e. The summed E-state index contributed by atoms with van der Waals surface area (Å²) in [4.78, 5) is 27.6. The Kier molecular flexibility index (Phi) is 5.58. The van der Waals surface area contributed by atoms with Crippen molar-refractivity contribution in [2.75, 3.05) is 19.0 Å². The molecule has 3 aromatic rings. The van der Waals surface area contributed by atoms with Crippen LogP contribution >= 0.6 is 11.3 Å². The van der Waals surface area contributed by atoms with Crippen molar-refractivity contribution < 1.29 is 4.79 Å². The predicted octanol–water partition coefficient (Wildman–Crippen LogP) is 3.55. The molecule has 0 unspecified atom stereocenters. The molecule has 0 saturated carbocycles. The van der Waals surface area contributed by atoms with Gasteiger partial charge in [-0.2, -0.15) is 0 Å². The summed E-state index contributed by atoms with van der Waals surface area (Å²) >= 11 is 1.55. The van der Waals surface area contributed by atoms with E-state index in [1.54, 1.807) is 35.9 Å². The van der Waals surface area contributed by atoms with E-state index in [2.05, 4.69) is 20.3 Å². The highest BCUT2D eigenvalue weighted by Gasteiger charge is 2.16. The van der Waals surface area contributed by atoms with Crippen LogP contribution in [0.4, 0.5) is 5.82 Å². The molecular weight excluding hydrogens is 346 g/mol. The van der Waals surface area contributed by atoms with Gasteiger partial charge in [-0.05, 0) is 24.6 Å². The molecule has 0 spiro atoms. The van der Waals surface area contributed by atoms with Crippen molar-refractivity contribution in [3.63, 3.8) is 0 Å². The Bertz CT molecular complexity index is 862. The summed E-state index contributed by atoms with van der Waals surface area (Å²) in [6.45, 7) is 2.03. The second-order valence-electron chi connectivity index (χ2n) is 6.01. The summed E-state index contributed by atoms with van der Waals surface area (Å²) in [5.41, 5.74) is 1.48. The number of aromatic nitrogens is 3. The average Bonchev–Trinajstić information content (AvgIpc) is 3.20. The molecule has 7 heteroatoms. The number of hydrogen-bond donors (Lipinski definition) is 1. The van der Waals surface area contributed by atoms with Gasteiger partial charge in [0.1, 0.15) is 10.8 Å². The highest BCUT2D eigenvalue weighted by atomic mass is 32.1.